The molecule has 1 aliphatic heterocycles. The minimum absolute atomic E-state index is 0.345. The second-order valence-corrected chi connectivity index (χ2v) is 6.33. The number of hydrogen-bond acceptors (Lipinski definition) is 5. The van der Waals surface area contributed by atoms with Crippen LogP contribution in [0.5, 0.6) is 5.75 Å². The first-order chi connectivity index (χ1) is 11.5. The number of nitrogens with one attached hydrogen (secondary N) is 2. The van der Waals surface area contributed by atoms with Crippen molar-refractivity contribution in [1.29, 1.82) is 0 Å². The highest BCUT2D eigenvalue weighted by atomic mass is 16.5. The fourth-order valence-electron chi connectivity index (χ4n) is 3.06. The number of aromatic amines is 1. The molecule has 2 N–H and O–H groups in total. The molecule has 7 nitrogen and oxygen atoms in total. The molecule has 0 bridgehead atoms. The van der Waals surface area contributed by atoms with Gasteiger partial charge >= 0.3 is 5.69 Å². The van der Waals surface area contributed by atoms with Gasteiger partial charge in [0, 0.05) is 13.1 Å². The number of benzene rings is 1. The van der Waals surface area contributed by atoms with Crippen LogP contribution in [0.4, 0.5) is 5.82 Å². The molecule has 0 fully saturated rings. The molecule has 1 aliphatic rings. The molecule has 0 saturated heterocycles. The van der Waals surface area contributed by atoms with E-state index in [4.69, 9.17) is 4.74 Å². The van der Waals surface area contributed by atoms with Crippen LogP contribution >= 0.6 is 0 Å². The largest absolute Gasteiger partial charge is 0.495 e. The van der Waals surface area contributed by atoms with Gasteiger partial charge in [0.1, 0.15) is 11.6 Å². The van der Waals surface area contributed by atoms with Crippen LogP contribution in [0.15, 0.2) is 33.9 Å². The minimum Gasteiger partial charge on any atom is -0.495 e. The molecule has 2 aromatic rings. The van der Waals surface area contributed by atoms with Crippen LogP contribution in [0.3, 0.4) is 0 Å². The maximum absolute atomic E-state index is 12.4. The number of aromatic nitrogens is 2. The van der Waals surface area contributed by atoms with Crippen molar-refractivity contribution < 1.29 is 4.74 Å². The number of methoxy groups -OCH3 is 1. The molecule has 3 rings (SSSR count). The van der Waals surface area contributed by atoms with Crippen LogP contribution in [-0.2, 0) is 6.54 Å². The van der Waals surface area contributed by atoms with Gasteiger partial charge in [-0.3, -0.25) is 14.7 Å². The molecule has 0 spiro atoms. The van der Waals surface area contributed by atoms with Gasteiger partial charge in [0.2, 0.25) is 0 Å². The topological polar surface area (TPSA) is 79.4 Å². The van der Waals surface area contributed by atoms with Crippen LogP contribution in [0.2, 0.25) is 0 Å². The molecule has 0 unspecified atom stereocenters. The van der Waals surface area contributed by atoms with E-state index in [1.807, 2.05) is 12.1 Å². The molecule has 0 saturated carbocycles. The number of H-pyrrole nitrogens is 1. The summed E-state index contributed by atoms with van der Waals surface area (Å²) in [7, 11) is 1.56. The summed E-state index contributed by atoms with van der Waals surface area (Å²) >= 11 is 0. The van der Waals surface area contributed by atoms with Crippen LogP contribution in [0.25, 0.3) is 5.69 Å². The number of nitrogens with zero attached hydrogens (tertiary/aromatic N) is 2. The van der Waals surface area contributed by atoms with Crippen molar-refractivity contribution in [2.45, 2.75) is 20.4 Å². The monoisotopic (exact) mass is 330 g/mol. The van der Waals surface area contributed by atoms with Crippen molar-refractivity contribution in [2.24, 2.45) is 5.92 Å². The number of rotatable bonds is 4. The number of anilines is 1. The lowest BCUT2D eigenvalue weighted by molar-refractivity contribution is 0.242. The van der Waals surface area contributed by atoms with E-state index < -0.39 is 5.69 Å². The summed E-state index contributed by atoms with van der Waals surface area (Å²) in [5, 5.41) is 3.23. The summed E-state index contributed by atoms with van der Waals surface area (Å²) in [5.74, 6) is 1.60. The van der Waals surface area contributed by atoms with Crippen molar-refractivity contribution in [3.63, 3.8) is 0 Å². The lowest BCUT2D eigenvalue weighted by Gasteiger charge is -2.31. The first-order valence-corrected chi connectivity index (χ1v) is 7.99. The van der Waals surface area contributed by atoms with E-state index in [0.717, 1.165) is 6.54 Å². The Morgan fingerprint density at radius 1 is 1.25 bits per heavy atom. The summed E-state index contributed by atoms with van der Waals surface area (Å²) in [6, 6.07) is 7.24. The molecule has 1 aromatic heterocycles. The van der Waals surface area contributed by atoms with Crippen molar-refractivity contribution in [3.05, 3.63) is 50.7 Å². The summed E-state index contributed by atoms with van der Waals surface area (Å²) < 4.78 is 6.83. The van der Waals surface area contributed by atoms with Crippen molar-refractivity contribution in [2.75, 3.05) is 25.6 Å². The van der Waals surface area contributed by atoms with Gasteiger partial charge in [-0.25, -0.2) is 9.36 Å². The molecule has 7 heteroatoms. The van der Waals surface area contributed by atoms with Crippen LogP contribution in [0, 0.1) is 5.92 Å². The predicted octanol–water partition coefficient (Wildman–Crippen LogP) is 1.38. The molecule has 2 heterocycles. The van der Waals surface area contributed by atoms with E-state index >= 15 is 0 Å². The first kappa shape index (κ1) is 16.3. The van der Waals surface area contributed by atoms with Gasteiger partial charge in [0.15, 0.2) is 0 Å². The molecule has 0 atom stereocenters. The van der Waals surface area contributed by atoms with Crippen LogP contribution in [0.1, 0.15) is 19.4 Å². The number of para-hydroxylation sites is 2. The second kappa shape index (κ2) is 6.52. The average Bonchev–Trinajstić information content (AvgIpc) is 2.55. The Hall–Kier alpha value is -2.54. The lowest BCUT2D eigenvalue weighted by atomic mass is 10.1. The Bertz CT molecular complexity index is 854. The Morgan fingerprint density at radius 2 is 2.00 bits per heavy atom. The fraction of sp³-hybridized carbons (Fsp3) is 0.412. The Balaban J connectivity index is 2.14. The fourth-order valence-corrected chi connectivity index (χ4v) is 3.06. The third-order valence-electron chi connectivity index (χ3n) is 4.01. The third-order valence-corrected chi connectivity index (χ3v) is 4.01. The number of ether oxygens (including phenoxy) is 1. The molecule has 128 valence electrons. The maximum Gasteiger partial charge on any atom is 0.334 e. The number of fused-ring (bicyclic) bond motifs is 1. The molecule has 24 heavy (non-hydrogen) atoms. The zero-order valence-electron chi connectivity index (χ0n) is 14.1. The lowest BCUT2D eigenvalue weighted by Crippen LogP contribution is -2.43. The minimum atomic E-state index is -0.479. The summed E-state index contributed by atoms with van der Waals surface area (Å²) in [5.41, 5.74) is 0.338. The Morgan fingerprint density at radius 3 is 2.71 bits per heavy atom. The van der Waals surface area contributed by atoms with Gasteiger partial charge in [-0.1, -0.05) is 26.0 Å². The zero-order valence-corrected chi connectivity index (χ0v) is 14.1. The highest BCUT2D eigenvalue weighted by Gasteiger charge is 2.24. The molecule has 0 radical (unpaired) electrons. The third kappa shape index (κ3) is 2.94. The summed E-state index contributed by atoms with van der Waals surface area (Å²) in [6.07, 6.45) is 0. The Kier molecular flexibility index (Phi) is 4.44. The van der Waals surface area contributed by atoms with E-state index in [1.165, 1.54) is 4.57 Å². The molecule has 0 amide bonds. The standard InChI is InChI=1S/C17H22N4O3/c1-11(2)8-20-9-12-15(18-10-20)21(17(23)19-16(12)22)13-6-4-5-7-14(13)24-3/h4-7,11,18H,8-10H2,1-3H3,(H,19,22,23). The normalized spacial score (nSPS) is 14.3. The number of hydrogen-bond donors (Lipinski definition) is 2. The highest BCUT2D eigenvalue weighted by molar-refractivity contribution is 5.56. The van der Waals surface area contributed by atoms with E-state index in [9.17, 15) is 9.59 Å². The van der Waals surface area contributed by atoms with Gasteiger partial charge in [-0.15, -0.1) is 0 Å². The molecule has 1 aromatic carbocycles. The predicted molar refractivity (Wildman–Crippen MR) is 92.9 cm³/mol. The van der Waals surface area contributed by atoms with Crippen LogP contribution < -0.4 is 21.3 Å². The van der Waals surface area contributed by atoms with Crippen molar-refractivity contribution in [3.8, 4) is 11.4 Å². The van der Waals surface area contributed by atoms with E-state index in [-0.39, 0.29) is 5.56 Å². The summed E-state index contributed by atoms with van der Waals surface area (Å²) in [4.78, 5) is 29.3. The second-order valence-electron chi connectivity index (χ2n) is 6.33. The van der Waals surface area contributed by atoms with Gasteiger partial charge in [0.05, 0.1) is 25.0 Å². The zero-order chi connectivity index (χ0) is 17.3. The van der Waals surface area contributed by atoms with Gasteiger partial charge in [0.25, 0.3) is 5.56 Å². The van der Waals surface area contributed by atoms with Gasteiger partial charge < -0.3 is 10.1 Å². The maximum atomic E-state index is 12.4. The average molecular weight is 330 g/mol. The smallest absolute Gasteiger partial charge is 0.334 e. The molecular formula is C17H22N4O3. The SMILES string of the molecule is COc1ccccc1-n1c2c(c(=O)[nH]c1=O)CN(CC(C)C)CN2. The van der Waals surface area contributed by atoms with E-state index in [0.29, 0.717) is 41.9 Å². The van der Waals surface area contributed by atoms with Gasteiger partial charge in [-0.05, 0) is 18.1 Å². The first-order valence-electron chi connectivity index (χ1n) is 7.99. The van der Waals surface area contributed by atoms with Crippen molar-refractivity contribution >= 4 is 5.82 Å². The summed E-state index contributed by atoms with van der Waals surface area (Å²) in [6.45, 7) is 6.24. The van der Waals surface area contributed by atoms with E-state index in [1.54, 1.807) is 19.2 Å². The quantitative estimate of drug-likeness (QED) is 0.885. The van der Waals surface area contributed by atoms with E-state index in [2.05, 4.69) is 29.0 Å². The Labute approximate surface area is 139 Å². The molecule has 0 aliphatic carbocycles. The van der Waals surface area contributed by atoms with Crippen molar-refractivity contribution in [1.82, 2.24) is 14.5 Å². The van der Waals surface area contributed by atoms with Gasteiger partial charge in [-0.2, -0.15) is 0 Å². The highest BCUT2D eigenvalue weighted by Crippen LogP contribution is 2.26. The van der Waals surface area contributed by atoms with Crippen LogP contribution in [-0.4, -0.2) is 34.8 Å². The molecular weight excluding hydrogens is 308 g/mol.